The molecule has 1 aromatic carbocycles. The van der Waals surface area contributed by atoms with Crippen molar-refractivity contribution in [3.63, 3.8) is 0 Å². The molecule has 0 aliphatic heterocycles. The Kier molecular flexibility index (Phi) is 5.88. The molecule has 7 nitrogen and oxygen atoms in total. The van der Waals surface area contributed by atoms with Crippen LogP contribution in [0.4, 0.5) is 5.82 Å². The standard InChI is InChI=1S/C16H20N4O3S/c1-17-16(21)13-5-3-4-12(10-13)8-9-19-15-7-6-14(11-20-15)24(22,23)18-2/h3-7,10-11,18H,8-9H2,1-2H3,(H,17,21)(H,19,20). The molecule has 1 amide bonds. The Morgan fingerprint density at radius 2 is 1.96 bits per heavy atom. The van der Waals surface area contributed by atoms with Gasteiger partial charge in [0, 0.05) is 25.4 Å². The first-order valence-corrected chi connectivity index (χ1v) is 8.89. The van der Waals surface area contributed by atoms with Crippen LogP contribution >= 0.6 is 0 Å². The summed E-state index contributed by atoms with van der Waals surface area (Å²) in [7, 11) is -0.519. The lowest BCUT2D eigenvalue weighted by molar-refractivity contribution is 0.0963. The second kappa shape index (κ2) is 7.89. The number of pyridine rings is 1. The van der Waals surface area contributed by atoms with Gasteiger partial charge in [0.25, 0.3) is 5.91 Å². The maximum atomic E-state index is 11.6. The molecular weight excluding hydrogens is 328 g/mol. The zero-order valence-electron chi connectivity index (χ0n) is 13.5. The normalized spacial score (nSPS) is 11.1. The lowest BCUT2D eigenvalue weighted by Gasteiger charge is -2.08. The number of sulfonamides is 1. The van der Waals surface area contributed by atoms with Crippen LogP contribution in [0, 0.1) is 0 Å². The molecule has 1 heterocycles. The van der Waals surface area contributed by atoms with Gasteiger partial charge in [-0.3, -0.25) is 4.79 Å². The smallest absolute Gasteiger partial charge is 0.251 e. The molecule has 0 saturated heterocycles. The Bertz CT molecular complexity index is 804. The van der Waals surface area contributed by atoms with Gasteiger partial charge in [-0.05, 0) is 43.3 Å². The summed E-state index contributed by atoms with van der Waals surface area (Å²) in [4.78, 5) is 15.8. The molecule has 0 spiro atoms. The topological polar surface area (TPSA) is 100 Å². The van der Waals surface area contributed by atoms with Gasteiger partial charge in [-0.15, -0.1) is 0 Å². The predicted molar refractivity (Wildman–Crippen MR) is 92.5 cm³/mol. The SMILES string of the molecule is CNC(=O)c1cccc(CCNc2ccc(S(=O)(=O)NC)cn2)c1. The molecule has 128 valence electrons. The Hall–Kier alpha value is -2.45. The fourth-order valence-electron chi connectivity index (χ4n) is 2.11. The Labute approximate surface area is 141 Å². The quantitative estimate of drug-likeness (QED) is 0.693. The van der Waals surface area contributed by atoms with E-state index in [1.165, 1.54) is 19.3 Å². The molecule has 1 aromatic heterocycles. The van der Waals surface area contributed by atoms with Gasteiger partial charge in [0.2, 0.25) is 10.0 Å². The van der Waals surface area contributed by atoms with Crippen LogP contribution in [-0.4, -0.2) is 39.9 Å². The molecule has 8 heteroatoms. The van der Waals surface area contributed by atoms with E-state index in [1.54, 1.807) is 19.2 Å². The van der Waals surface area contributed by atoms with E-state index in [4.69, 9.17) is 0 Å². The average molecular weight is 348 g/mol. The molecule has 0 radical (unpaired) electrons. The number of hydrogen-bond donors (Lipinski definition) is 3. The van der Waals surface area contributed by atoms with Crippen LogP contribution in [-0.2, 0) is 16.4 Å². The Morgan fingerprint density at radius 1 is 1.17 bits per heavy atom. The number of rotatable bonds is 7. The van der Waals surface area contributed by atoms with Crippen molar-refractivity contribution in [1.29, 1.82) is 0 Å². The lowest BCUT2D eigenvalue weighted by Crippen LogP contribution is -2.19. The van der Waals surface area contributed by atoms with Crippen LogP contribution in [0.3, 0.4) is 0 Å². The zero-order chi connectivity index (χ0) is 17.6. The van der Waals surface area contributed by atoms with Gasteiger partial charge in [-0.2, -0.15) is 0 Å². The zero-order valence-corrected chi connectivity index (χ0v) is 14.4. The van der Waals surface area contributed by atoms with Crippen LogP contribution in [0.2, 0.25) is 0 Å². The van der Waals surface area contributed by atoms with Crippen LogP contribution in [0.1, 0.15) is 15.9 Å². The number of nitrogens with one attached hydrogen (secondary N) is 3. The second-order valence-electron chi connectivity index (χ2n) is 5.04. The van der Waals surface area contributed by atoms with Crippen molar-refractivity contribution in [2.75, 3.05) is 26.0 Å². The maximum Gasteiger partial charge on any atom is 0.251 e. The number of hydrogen-bond acceptors (Lipinski definition) is 5. The van der Waals surface area contributed by atoms with Crippen molar-refractivity contribution in [3.8, 4) is 0 Å². The van der Waals surface area contributed by atoms with Crippen LogP contribution in [0.15, 0.2) is 47.5 Å². The third kappa shape index (κ3) is 4.53. The van der Waals surface area contributed by atoms with Gasteiger partial charge in [0.15, 0.2) is 0 Å². The Balaban J connectivity index is 1.94. The van der Waals surface area contributed by atoms with Crippen LogP contribution < -0.4 is 15.4 Å². The van der Waals surface area contributed by atoms with E-state index in [1.807, 2.05) is 18.2 Å². The monoisotopic (exact) mass is 348 g/mol. The van der Waals surface area contributed by atoms with Crippen LogP contribution in [0.25, 0.3) is 0 Å². The van der Waals surface area contributed by atoms with Crippen LogP contribution in [0.5, 0.6) is 0 Å². The largest absolute Gasteiger partial charge is 0.370 e. The fourth-order valence-corrected chi connectivity index (χ4v) is 2.78. The van der Waals surface area contributed by atoms with E-state index in [0.29, 0.717) is 24.3 Å². The molecule has 0 saturated carbocycles. The van der Waals surface area contributed by atoms with Crippen molar-refractivity contribution >= 4 is 21.7 Å². The molecule has 3 N–H and O–H groups in total. The summed E-state index contributed by atoms with van der Waals surface area (Å²) in [6.45, 7) is 0.613. The highest BCUT2D eigenvalue weighted by Crippen LogP contribution is 2.11. The molecule has 2 aromatic rings. The highest BCUT2D eigenvalue weighted by molar-refractivity contribution is 7.89. The summed E-state index contributed by atoms with van der Waals surface area (Å²) in [5.74, 6) is 0.473. The first kappa shape index (κ1) is 17.9. The van der Waals surface area contributed by atoms with Gasteiger partial charge in [0.1, 0.15) is 10.7 Å². The molecular formula is C16H20N4O3S. The molecule has 0 bridgehead atoms. The van der Waals surface area contributed by atoms with E-state index in [9.17, 15) is 13.2 Å². The summed E-state index contributed by atoms with van der Waals surface area (Å²) in [5.41, 5.74) is 1.65. The number of nitrogens with zero attached hydrogens (tertiary/aromatic N) is 1. The van der Waals surface area contributed by atoms with Gasteiger partial charge < -0.3 is 10.6 Å². The minimum Gasteiger partial charge on any atom is -0.370 e. The maximum absolute atomic E-state index is 11.6. The third-order valence-electron chi connectivity index (χ3n) is 3.45. The first-order valence-electron chi connectivity index (χ1n) is 7.41. The molecule has 0 atom stereocenters. The minimum absolute atomic E-state index is 0.118. The van der Waals surface area contributed by atoms with Gasteiger partial charge in [-0.25, -0.2) is 18.1 Å². The number of benzene rings is 1. The fraction of sp³-hybridized carbons (Fsp3) is 0.250. The Morgan fingerprint density at radius 3 is 2.58 bits per heavy atom. The van der Waals surface area contributed by atoms with E-state index in [-0.39, 0.29) is 10.8 Å². The number of carbonyl (C=O) groups excluding carboxylic acids is 1. The van der Waals surface area contributed by atoms with Crippen molar-refractivity contribution < 1.29 is 13.2 Å². The van der Waals surface area contributed by atoms with Gasteiger partial charge in [0.05, 0.1) is 0 Å². The van der Waals surface area contributed by atoms with E-state index in [2.05, 4.69) is 20.3 Å². The molecule has 0 fully saturated rings. The molecule has 24 heavy (non-hydrogen) atoms. The van der Waals surface area contributed by atoms with Crippen molar-refractivity contribution in [3.05, 3.63) is 53.7 Å². The summed E-state index contributed by atoms with van der Waals surface area (Å²) in [6, 6.07) is 10.5. The number of anilines is 1. The predicted octanol–water partition coefficient (Wildman–Crippen LogP) is 1.00. The lowest BCUT2D eigenvalue weighted by atomic mass is 10.1. The molecule has 0 aliphatic carbocycles. The average Bonchev–Trinajstić information content (AvgIpc) is 2.61. The highest BCUT2D eigenvalue weighted by atomic mass is 32.2. The number of aromatic nitrogens is 1. The summed E-state index contributed by atoms with van der Waals surface area (Å²) in [6.07, 6.45) is 2.02. The molecule has 0 aliphatic rings. The number of carbonyl (C=O) groups is 1. The molecule has 0 unspecified atom stereocenters. The second-order valence-corrected chi connectivity index (χ2v) is 6.93. The number of amides is 1. The van der Waals surface area contributed by atoms with E-state index < -0.39 is 10.0 Å². The van der Waals surface area contributed by atoms with Crippen molar-refractivity contribution in [2.45, 2.75) is 11.3 Å². The first-order chi connectivity index (χ1) is 11.5. The van der Waals surface area contributed by atoms with Gasteiger partial charge >= 0.3 is 0 Å². The third-order valence-corrected chi connectivity index (χ3v) is 4.85. The van der Waals surface area contributed by atoms with Crippen molar-refractivity contribution in [2.24, 2.45) is 0 Å². The van der Waals surface area contributed by atoms with Gasteiger partial charge in [-0.1, -0.05) is 12.1 Å². The summed E-state index contributed by atoms with van der Waals surface area (Å²) >= 11 is 0. The minimum atomic E-state index is -3.47. The van der Waals surface area contributed by atoms with E-state index in [0.717, 1.165) is 5.56 Å². The highest BCUT2D eigenvalue weighted by Gasteiger charge is 2.11. The summed E-state index contributed by atoms with van der Waals surface area (Å²) in [5, 5.41) is 5.72. The van der Waals surface area contributed by atoms with Crippen molar-refractivity contribution in [1.82, 2.24) is 15.0 Å². The van der Waals surface area contributed by atoms with E-state index >= 15 is 0 Å². The summed E-state index contributed by atoms with van der Waals surface area (Å²) < 4.78 is 25.5. The molecule has 2 rings (SSSR count).